The molecule has 60 valence electrons. The summed E-state index contributed by atoms with van der Waals surface area (Å²) in [5.74, 6) is 0. The third kappa shape index (κ3) is 1.43. The summed E-state index contributed by atoms with van der Waals surface area (Å²) in [6.45, 7) is 1.88. The minimum absolute atomic E-state index is 0.0569. The number of para-hydroxylation sites is 1. The quantitative estimate of drug-likeness (QED) is 0.521. The number of anilines is 2. The Morgan fingerprint density at radius 1 is 1.27 bits per heavy atom. The van der Waals surface area contributed by atoms with Crippen LogP contribution in [0.2, 0.25) is 0 Å². The van der Waals surface area contributed by atoms with E-state index in [0.29, 0.717) is 11.4 Å². The molecule has 3 heteroatoms. The van der Waals surface area contributed by atoms with Gasteiger partial charge in [0.15, 0.2) is 0 Å². The number of nitrogens with two attached hydrogens (primary N) is 3. The van der Waals surface area contributed by atoms with Crippen LogP contribution in [0.3, 0.4) is 0 Å². The van der Waals surface area contributed by atoms with Crippen LogP contribution in [0, 0.1) is 0 Å². The second kappa shape index (κ2) is 2.80. The number of hydrogen-bond donors (Lipinski definition) is 3. The number of benzene rings is 1. The summed E-state index contributed by atoms with van der Waals surface area (Å²) in [6, 6.07) is 5.44. The second-order valence-electron chi connectivity index (χ2n) is 2.64. The van der Waals surface area contributed by atoms with Gasteiger partial charge in [0.1, 0.15) is 0 Å². The predicted octanol–water partition coefficient (Wildman–Crippen LogP) is 0.871. The van der Waals surface area contributed by atoms with Gasteiger partial charge in [-0.2, -0.15) is 0 Å². The summed E-state index contributed by atoms with van der Waals surface area (Å²) in [6.07, 6.45) is 0. The van der Waals surface area contributed by atoms with Crippen molar-refractivity contribution in [2.45, 2.75) is 13.0 Å². The normalized spacial score (nSPS) is 12.9. The zero-order valence-corrected chi connectivity index (χ0v) is 6.54. The van der Waals surface area contributed by atoms with Crippen molar-refractivity contribution in [3.05, 3.63) is 23.8 Å². The zero-order valence-electron chi connectivity index (χ0n) is 6.54. The summed E-state index contributed by atoms with van der Waals surface area (Å²) >= 11 is 0. The lowest BCUT2D eigenvalue weighted by atomic mass is 10.1. The van der Waals surface area contributed by atoms with Gasteiger partial charge < -0.3 is 17.2 Å². The highest BCUT2D eigenvalue weighted by Gasteiger charge is 2.04. The highest BCUT2D eigenvalue weighted by atomic mass is 14.7. The molecule has 0 radical (unpaired) electrons. The lowest BCUT2D eigenvalue weighted by Crippen LogP contribution is -2.09. The molecule has 6 N–H and O–H groups in total. The molecule has 0 aliphatic rings. The minimum Gasteiger partial charge on any atom is -0.397 e. The van der Waals surface area contributed by atoms with E-state index in [-0.39, 0.29) is 6.04 Å². The molecule has 0 heterocycles. The average molecular weight is 151 g/mol. The number of rotatable bonds is 1. The highest BCUT2D eigenvalue weighted by molar-refractivity contribution is 5.67. The first-order valence-electron chi connectivity index (χ1n) is 3.52. The molecule has 0 saturated heterocycles. The van der Waals surface area contributed by atoms with Crippen LogP contribution >= 0.6 is 0 Å². The van der Waals surface area contributed by atoms with Gasteiger partial charge in [-0.25, -0.2) is 0 Å². The van der Waals surface area contributed by atoms with Gasteiger partial charge in [0.25, 0.3) is 0 Å². The maximum absolute atomic E-state index is 5.68. The maximum atomic E-state index is 5.68. The average Bonchev–Trinajstić information content (AvgIpc) is 1.94. The zero-order chi connectivity index (χ0) is 8.43. The van der Waals surface area contributed by atoms with Gasteiger partial charge in [0, 0.05) is 6.04 Å². The van der Waals surface area contributed by atoms with E-state index in [2.05, 4.69) is 0 Å². The molecule has 0 aromatic heterocycles. The van der Waals surface area contributed by atoms with Crippen LogP contribution in [0.4, 0.5) is 11.4 Å². The van der Waals surface area contributed by atoms with Gasteiger partial charge in [-0.1, -0.05) is 12.1 Å². The summed E-state index contributed by atoms with van der Waals surface area (Å²) in [5.41, 5.74) is 19.0. The topological polar surface area (TPSA) is 78.1 Å². The predicted molar refractivity (Wildman–Crippen MR) is 47.9 cm³/mol. The molecule has 1 unspecified atom stereocenters. The van der Waals surface area contributed by atoms with Gasteiger partial charge in [-0.3, -0.25) is 0 Å². The first-order chi connectivity index (χ1) is 5.13. The fraction of sp³-hybridized carbons (Fsp3) is 0.250. The van der Waals surface area contributed by atoms with Crippen molar-refractivity contribution in [1.29, 1.82) is 0 Å². The van der Waals surface area contributed by atoms with Crippen molar-refractivity contribution in [3.63, 3.8) is 0 Å². The number of hydrogen-bond acceptors (Lipinski definition) is 3. The molecular formula is C8H13N3. The van der Waals surface area contributed by atoms with Crippen molar-refractivity contribution in [2.24, 2.45) is 5.73 Å². The minimum atomic E-state index is -0.0569. The van der Waals surface area contributed by atoms with Crippen LogP contribution in [-0.4, -0.2) is 0 Å². The van der Waals surface area contributed by atoms with Crippen LogP contribution in [0.1, 0.15) is 18.5 Å². The molecule has 0 aliphatic heterocycles. The lowest BCUT2D eigenvalue weighted by Gasteiger charge is -2.10. The van der Waals surface area contributed by atoms with E-state index < -0.39 is 0 Å². The van der Waals surface area contributed by atoms with E-state index in [1.807, 2.05) is 19.1 Å². The molecule has 0 amide bonds. The van der Waals surface area contributed by atoms with Gasteiger partial charge in [-0.15, -0.1) is 0 Å². The molecule has 1 atom stereocenters. The van der Waals surface area contributed by atoms with E-state index in [1.54, 1.807) is 6.07 Å². The van der Waals surface area contributed by atoms with Crippen LogP contribution < -0.4 is 17.2 Å². The standard InChI is InChI=1S/C8H13N3/c1-5(9)6-3-2-4-7(10)8(6)11/h2-5H,9-11H2,1H3. The fourth-order valence-corrected chi connectivity index (χ4v) is 0.999. The monoisotopic (exact) mass is 151 g/mol. The van der Waals surface area contributed by atoms with Crippen molar-refractivity contribution in [2.75, 3.05) is 11.5 Å². The SMILES string of the molecule is CC(N)c1cccc(N)c1N. The molecule has 1 aromatic rings. The molecule has 1 rings (SSSR count). The Bertz CT molecular complexity index is 256. The van der Waals surface area contributed by atoms with Crippen LogP contribution in [-0.2, 0) is 0 Å². The van der Waals surface area contributed by atoms with Crippen molar-refractivity contribution in [1.82, 2.24) is 0 Å². The third-order valence-corrected chi connectivity index (χ3v) is 1.66. The van der Waals surface area contributed by atoms with Crippen molar-refractivity contribution < 1.29 is 0 Å². The van der Waals surface area contributed by atoms with Crippen molar-refractivity contribution >= 4 is 11.4 Å². The van der Waals surface area contributed by atoms with Crippen LogP contribution in [0.25, 0.3) is 0 Å². The summed E-state index contributed by atoms with van der Waals surface area (Å²) in [7, 11) is 0. The smallest absolute Gasteiger partial charge is 0.0596 e. The van der Waals surface area contributed by atoms with Gasteiger partial charge in [0.05, 0.1) is 11.4 Å². The summed E-state index contributed by atoms with van der Waals surface area (Å²) in [5, 5.41) is 0. The Hall–Kier alpha value is -1.22. The van der Waals surface area contributed by atoms with Crippen LogP contribution in [0.5, 0.6) is 0 Å². The Morgan fingerprint density at radius 3 is 2.36 bits per heavy atom. The van der Waals surface area contributed by atoms with E-state index in [0.717, 1.165) is 5.56 Å². The molecule has 0 spiro atoms. The van der Waals surface area contributed by atoms with E-state index in [1.165, 1.54) is 0 Å². The molecule has 0 saturated carbocycles. The van der Waals surface area contributed by atoms with Gasteiger partial charge in [0.2, 0.25) is 0 Å². The van der Waals surface area contributed by atoms with Crippen molar-refractivity contribution in [3.8, 4) is 0 Å². The molecular weight excluding hydrogens is 138 g/mol. The molecule has 0 aliphatic carbocycles. The van der Waals surface area contributed by atoms with E-state index in [4.69, 9.17) is 17.2 Å². The molecule has 1 aromatic carbocycles. The summed E-state index contributed by atoms with van der Waals surface area (Å²) < 4.78 is 0. The van der Waals surface area contributed by atoms with E-state index in [9.17, 15) is 0 Å². The maximum Gasteiger partial charge on any atom is 0.0596 e. The Balaban J connectivity index is 3.17. The molecule has 3 nitrogen and oxygen atoms in total. The Kier molecular flexibility index (Phi) is 2.01. The molecule has 0 bridgehead atoms. The molecule has 11 heavy (non-hydrogen) atoms. The molecule has 0 fully saturated rings. The first kappa shape index (κ1) is 7.88. The Labute approximate surface area is 66.2 Å². The van der Waals surface area contributed by atoms with Crippen LogP contribution in [0.15, 0.2) is 18.2 Å². The van der Waals surface area contributed by atoms with Gasteiger partial charge in [-0.05, 0) is 18.6 Å². The largest absolute Gasteiger partial charge is 0.397 e. The Morgan fingerprint density at radius 2 is 1.91 bits per heavy atom. The first-order valence-corrected chi connectivity index (χ1v) is 3.52. The lowest BCUT2D eigenvalue weighted by molar-refractivity contribution is 0.822. The van der Waals surface area contributed by atoms with E-state index >= 15 is 0 Å². The second-order valence-corrected chi connectivity index (χ2v) is 2.64. The highest BCUT2D eigenvalue weighted by Crippen LogP contribution is 2.23. The fourth-order valence-electron chi connectivity index (χ4n) is 0.999. The number of nitrogen functional groups attached to an aromatic ring is 2. The van der Waals surface area contributed by atoms with Gasteiger partial charge >= 0.3 is 0 Å². The summed E-state index contributed by atoms with van der Waals surface area (Å²) in [4.78, 5) is 0. The third-order valence-electron chi connectivity index (χ3n) is 1.66.